The molecule has 1 fully saturated rings. The largest absolute Gasteiger partial charge is 0.374 e. The van der Waals surface area contributed by atoms with Gasteiger partial charge in [-0.2, -0.15) is 0 Å². The van der Waals surface area contributed by atoms with Gasteiger partial charge < -0.3 is 10.1 Å². The SMILES string of the molecule is CC1(CNCc2cccc(Cl)c2)CCCO1. The molecule has 0 aromatic heterocycles. The van der Waals surface area contributed by atoms with Crippen molar-refractivity contribution in [1.29, 1.82) is 0 Å². The summed E-state index contributed by atoms with van der Waals surface area (Å²) in [7, 11) is 0. The van der Waals surface area contributed by atoms with Gasteiger partial charge in [-0.15, -0.1) is 0 Å². The first-order valence-electron chi connectivity index (χ1n) is 5.77. The molecular weight excluding hydrogens is 222 g/mol. The molecule has 1 saturated heterocycles. The Bertz CT molecular complexity index is 348. The van der Waals surface area contributed by atoms with Crippen molar-refractivity contribution in [2.24, 2.45) is 0 Å². The van der Waals surface area contributed by atoms with Gasteiger partial charge in [-0.3, -0.25) is 0 Å². The number of hydrogen-bond acceptors (Lipinski definition) is 2. The van der Waals surface area contributed by atoms with Gasteiger partial charge in [-0.1, -0.05) is 23.7 Å². The lowest BCUT2D eigenvalue weighted by molar-refractivity contribution is 0.0207. The van der Waals surface area contributed by atoms with Crippen LogP contribution in [0.5, 0.6) is 0 Å². The summed E-state index contributed by atoms with van der Waals surface area (Å²) in [5, 5.41) is 4.22. The van der Waals surface area contributed by atoms with E-state index in [9.17, 15) is 0 Å². The van der Waals surface area contributed by atoms with Crippen molar-refractivity contribution in [3.8, 4) is 0 Å². The van der Waals surface area contributed by atoms with E-state index in [0.717, 1.165) is 31.1 Å². The van der Waals surface area contributed by atoms with Crippen LogP contribution in [0.25, 0.3) is 0 Å². The van der Waals surface area contributed by atoms with Crippen LogP contribution in [0.4, 0.5) is 0 Å². The molecule has 1 N–H and O–H groups in total. The second-order valence-electron chi connectivity index (χ2n) is 4.64. The smallest absolute Gasteiger partial charge is 0.0779 e. The molecule has 1 heterocycles. The fourth-order valence-corrected chi connectivity index (χ4v) is 2.31. The van der Waals surface area contributed by atoms with E-state index in [-0.39, 0.29) is 5.60 Å². The second kappa shape index (κ2) is 5.17. The van der Waals surface area contributed by atoms with Crippen molar-refractivity contribution in [2.45, 2.75) is 31.9 Å². The Balaban J connectivity index is 1.79. The highest BCUT2D eigenvalue weighted by atomic mass is 35.5. The molecule has 1 aromatic carbocycles. The zero-order chi connectivity index (χ0) is 11.4. The third-order valence-corrected chi connectivity index (χ3v) is 3.25. The Hall–Kier alpha value is -0.570. The molecule has 1 unspecified atom stereocenters. The van der Waals surface area contributed by atoms with E-state index < -0.39 is 0 Å². The maximum atomic E-state index is 5.93. The van der Waals surface area contributed by atoms with Gasteiger partial charge in [-0.25, -0.2) is 0 Å². The fraction of sp³-hybridized carbons (Fsp3) is 0.538. The van der Waals surface area contributed by atoms with Crippen LogP contribution in [0.15, 0.2) is 24.3 Å². The summed E-state index contributed by atoms with van der Waals surface area (Å²) >= 11 is 5.93. The lowest BCUT2D eigenvalue weighted by Gasteiger charge is -2.23. The van der Waals surface area contributed by atoms with E-state index in [1.165, 1.54) is 12.0 Å². The van der Waals surface area contributed by atoms with E-state index in [2.05, 4.69) is 18.3 Å². The van der Waals surface area contributed by atoms with Gasteiger partial charge in [0, 0.05) is 24.7 Å². The summed E-state index contributed by atoms with van der Waals surface area (Å²) < 4.78 is 5.71. The average Bonchev–Trinajstić information content (AvgIpc) is 2.65. The normalized spacial score (nSPS) is 24.9. The molecule has 2 nitrogen and oxygen atoms in total. The van der Waals surface area contributed by atoms with E-state index in [1.807, 2.05) is 18.2 Å². The van der Waals surface area contributed by atoms with Crippen LogP contribution in [0, 0.1) is 0 Å². The summed E-state index contributed by atoms with van der Waals surface area (Å²) in [4.78, 5) is 0. The van der Waals surface area contributed by atoms with E-state index in [0.29, 0.717) is 0 Å². The number of hydrogen-bond donors (Lipinski definition) is 1. The number of nitrogens with one attached hydrogen (secondary N) is 1. The van der Waals surface area contributed by atoms with Gasteiger partial charge >= 0.3 is 0 Å². The summed E-state index contributed by atoms with van der Waals surface area (Å²) in [5.41, 5.74) is 1.24. The molecule has 1 aliphatic rings. The Morgan fingerprint density at radius 3 is 3.06 bits per heavy atom. The standard InChI is InChI=1S/C13H18ClNO/c1-13(6-3-7-16-13)10-15-9-11-4-2-5-12(14)8-11/h2,4-5,8,15H,3,6-7,9-10H2,1H3. The Morgan fingerprint density at radius 2 is 2.38 bits per heavy atom. The van der Waals surface area contributed by atoms with E-state index >= 15 is 0 Å². The molecule has 0 aliphatic carbocycles. The first-order chi connectivity index (χ1) is 7.68. The van der Waals surface area contributed by atoms with Crippen LogP contribution in [0.3, 0.4) is 0 Å². The van der Waals surface area contributed by atoms with Gasteiger partial charge in [0.1, 0.15) is 0 Å². The fourth-order valence-electron chi connectivity index (χ4n) is 2.09. The predicted molar refractivity (Wildman–Crippen MR) is 66.7 cm³/mol. The molecule has 1 aliphatic heterocycles. The van der Waals surface area contributed by atoms with Crippen molar-refractivity contribution < 1.29 is 4.74 Å². The maximum Gasteiger partial charge on any atom is 0.0779 e. The van der Waals surface area contributed by atoms with Crippen LogP contribution >= 0.6 is 11.6 Å². The van der Waals surface area contributed by atoms with Crippen LogP contribution in [-0.2, 0) is 11.3 Å². The van der Waals surface area contributed by atoms with E-state index in [4.69, 9.17) is 16.3 Å². The highest BCUT2D eigenvalue weighted by Gasteiger charge is 2.28. The number of rotatable bonds is 4. The lowest BCUT2D eigenvalue weighted by atomic mass is 10.0. The van der Waals surface area contributed by atoms with Gasteiger partial charge in [-0.05, 0) is 37.5 Å². The molecule has 16 heavy (non-hydrogen) atoms. The monoisotopic (exact) mass is 239 g/mol. The molecule has 0 spiro atoms. The van der Waals surface area contributed by atoms with Crippen LogP contribution < -0.4 is 5.32 Å². The average molecular weight is 240 g/mol. The van der Waals surface area contributed by atoms with Crippen molar-refractivity contribution in [1.82, 2.24) is 5.32 Å². The zero-order valence-electron chi connectivity index (χ0n) is 9.63. The van der Waals surface area contributed by atoms with Crippen molar-refractivity contribution in [3.63, 3.8) is 0 Å². The highest BCUT2D eigenvalue weighted by molar-refractivity contribution is 6.30. The molecule has 2 rings (SSSR count). The quantitative estimate of drug-likeness (QED) is 0.872. The maximum absolute atomic E-state index is 5.93. The van der Waals surface area contributed by atoms with Crippen molar-refractivity contribution in [3.05, 3.63) is 34.9 Å². The summed E-state index contributed by atoms with van der Waals surface area (Å²) in [6.45, 7) is 4.82. The van der Waals surface area contributed by atoms with E-state index in [1.54, 1.807) is 0 Å². The topological polar surface area (TPSA) is 21.3 Å². The minimum absolute atomic E-state index is 0.0264. The van der Waals surface area contributed by atoms with Crippen LogP contribution in [-0.4, -0.2) is 18.8 Å². The molecule has 0 bridgehead atoms. The number of halogens is 1. The predicted octanol–water partition coefficient (Wildman–Crippen LogP) is 3.00. The third kappa shape index (κ3) is 3.21. The molecule has 0 saturated carbocycles. The van der Waals surface area contributed by atoms with Crippen molar-refractivity contribution in [2.75, 3.05) is 13.2 Å². The molecule has 0 amide bonds. The first-order valence-corrected chi connectivity index (χ1v) is 6.15. The lowest BCUT2D eigenvalue weighted by Crippen LogP contribution is -2.36. The Morgan fingerprint density at radius 1 is 1.50 bits per heavy atom. The van der Waals surface area contributed by atoms with Gasteiger partial charge in [0.05, 0.1) is 5.60 Å². The number of ether oxygens (including phenoxy) is 1. The van der Waals surface area contributed by atoms with Gasteiger partial charge in [0.25, 0.3) is 0 Å². The summed E-state index contributed by atoms with van der Waals surface area (Å²) in [5.74, 6) is 0. The molecular formula is C13H18ClNO. The second-order valence-corrected chi connectivity index (χ2v) is 5.07. The number of benzene rings is 1. The Labute approximate surface area is 102 Å². The Kier molecular flexibility index (Phi) is 3.85. The minimum atomic E-state index is 0.0264. The van der Waals surface area contributed by atoms with Crippen molar-refractivity contribution >= 4 is 11.6 Å². The summed E-state index contributed by atoms with van der Waals surface area (Å²) in [6.07, 6.45) is 2.32. The molecule has 1 atom stereocenters. The molecule has 88 valence electrons. The van der Waals surface area contributed by atoms with Gasteiger partial charge in [0.2, 0.25) is 0 Å². The van der Waals surface area contributed by atoms with Crippen LogP contribution in [0.1, 0.15) is 25.3 Å². The third-order valence-electron chi connectivity index (χ3n) is 3.02. The molecule has 0 radical (unpaired) electrons. The molecule has 1 aromatic rings. The highest BCUT2D eigenvalue weighted by Crippen LogP contribution is 2.24. The first kappa shape index (κ1) is 11.9. The zero-order valence-corrected chi connectivity index (χ0v) is 10.4. The minimum Gasteiger partial charge on any atom is -0.374 e. The van der Waals surface area contributed by atoms with Crippen LogP contribution in [0.2, 0.25) is 5.02 Å². The van der Waals surface area contributed by atoms with Gasteiger partial charge in [0.15, 0.2) is 0 Å². The summed E-state index contributed by atoms with van der Waals surface area (Å²) in [6, 6.07) is 7.95. The molecule has 3 heteroatoms.